The molecule has 1 amide bonds. The molecule has 1 atom stereocenters. The Kier molecular flexibility index (Phi) is 6.15. The Balaban J connectivity index is 1.81. The topological polar surface area (TPSA) is 76.2 Å². The number of hydrogen-bond acceptors (Lipinski definition) is 5. The first kappa shape index (κ1) is 21.9. The Morgan fingerprint density at radius 2 is 1.76 bits per heavy atom. The van der Waals surface area contributed by atoms with E-state index in [0.717, 1.165) is 11.1 Å². The van der Waals surface area contributed by atoms with Gasteiger partial charge in [-0.1, -0.05) is 13.8 Å². The molecule has 0 spiro atoms. The summed E-state index contributed by atoms with van der Waals surface area (Å²) in [6.07, 6.45) is 0.956. The summed E-state index contributed by atoms with van der Waals surface area (Å²) >= 11 is 0. The van der Waals surface area contributed by atoms with Crippen molar-refractivity contribution in [3.8, 4) is 5.75 Å². The fourth-order valence-corrected chi connectivity index (χ4v) is 6.46. The monoisotopic (exact) mass is 424 g/mol. The van der Waals surface area contributed by atoms with E-state index in [4.69, 9.17) is 9.47 Å². The van der Waals surface area contributed by atoms with Gasteiger partial charge in [-0.3, -0.25) is 4.90 Å². The molecule has 1 aromatic rings. The SMILES string of the molecule is COc1cc(C)c(S(=O)(=O)N2CCC(N3C(=O)OCC3C(C)C)CC2)c(C)c1C. The number of hydrogen-bond donors (Lipinski definition) is 0. The number of methoxy groups -OCH3 is 1. The number of carbonyl (C=O) groups is 1. The minimum atomic E-state index is -3.62. The Morgan fingerprint density at radius 3 is 2.31 bits per heavy atom. The smallest absolute Gasteiger partial charge is 0.410 e. The van der Waals surface area contributed by atoms with Crippen LogP contribution < -0.4 is 4.74 Å². The van der Waals surface area contributed by atoms with Crippen LogP contribution >= 0.6 is 0 Å². The van der Waals surface area contributed by atoms with Crippen molar-refractivity contribution in [1.82, 2.24) is 9.21 Å². The van der Waals surface area contributed by atoms with Gasteiger partial charge in [-0.25, -0.2) is 13.2 Å². The summed E-state index contributed by atoms with van der Waals surface area (Å²) in [7, 11) is -2.03. The van der Waals surface area contributed by atoms with Crippen molar-refractivity contribution in [1.29, 1.82) is 0 Å². The lowest BCUT2D eigenvalue weighted by molar-refractivity contribution is 0.117. The zero-order chi connectivity index (χ0) is 21.5. The van der Waals surface area contributed by atoms with Crippen molar-refractivity contribution < 1.29 is 22.7 Å². The van der Waals surface area contributed by atoms with Crippen LogP contribution in [0.2, 0.25) is 0 Å². The number of amides is 1. The number of aryl methyl sites for hydroxylation is 1. The Labute approximate surface area is 174 Å². The van der Waals surface area contributed by atoms with E-state index in [-0.39, 0.29) is 18.2 Å². The van der Waals surface area contributed by atoms with E-state index in [2.05, 4.69) is 13.8 Å². The van der Waals surface area contributed by atoms with Crippen LogP contribution in [0.3, 0.4) is 0 Å². The van der Waals surface area contributed by atoms with Crippen LogP contribution in [0.4, 0.5) is 4.79 Å². The van der Waals surface area contributed by atoms with Gasteiger partial charge >= 0.3 is 6.09 Å². The lowest BCUT2D eigenvalue weighted by Crippen LogP contribution is -2.51. The van der Waals surface area contributed by atoms with E-state index < -0.39 is 10.0 Å². The maximum atomic E-state index is 13.4. The van der Waals surface area contributed by atoms with Crippen molar-refractivity contribution in [3.05, 3.63) is 22.8 Å². The molecule has 0 aliphatic carbocycles. The van der Waals surface area contributed by atoms with E-state index in [0.29, 0.717) is 54.7 Å². The number of rotatable bonds is 5. The minimum Gasteiger partial charge on any atom is -0.496 e. The van der Waals surface area contributed by atoms with Gasteiger partial charge in [0.15, 0.2) is 0 Å². The molecule has 8 heteroatoms. The van der Waals surface area contributed by atoms with Gasteiger partial charge in [0.2, 0.25) is 10.0 Å². The summed E-state index contributed by atoms with van der Waals surface area (Å²) in [6.45, 7) is 10.9. The number of cyclic esters (lactones) is 1. The van der Waals surface area contributed by atoms with Crippen molar-refractivity contribution in [2.45, 2.75) is 64.4 Å². The molecular weight excluding hydrogens is 392 g/mol. The quantitative estimate of drug-likeness (QED) is 0.725. The molecule has 2 fully saturated rings. The first-order valence-electron chi connectivity index (χ1n) is 10.2. The molecule has 0 N–H and O–H groups in total. The van der Waals surface area contributed by atoms with Crippen molar-refractivity contribution in [2.75, 3.05) is 26.8 Å². The second-order valence-corrected chi connectivity index (χ2v) is 10.3. The normalized spacial score (nSPS) is 21.7. The highest BCUT2D eigenvalue weighted by molar-refractivity contribution is 7.89. The van der Waals surface area contributed by atoms with Crippen LogP contribution in [0, 0.1) is 26.7 Å². The maximum absolute atomic E-state index is 13.4. The predicted molar refractivity (Wildman–Crippen MR) is 111 cm³/mol. The lowest BCUT2D eigenvalue weighted by atomic mass is 9.98. The number of sulfonamides is 1. The minimum absolute atomic E-state index is 0.0173. The van der Waals surface area contributed by atoms with E-state index in [1.165, 1.54) is 0 Å². The first-order valence-corrected chi connectivity index (χ1v) is 11.6. The third kappa shape index (κ3) is 3.84. The fourth-order valence-electron chi connectivity index (χ4n) is 4.50. The third-order valence-corrected chi connectivity index (χ3v) is 8.52. The standard InChI is InChI=1S/C21H32N2O5S/c1-13(2)18-12-28-21(24)23(18)17-7-9-22(10-8-17)29(25,26)20-14(3)11-19(27-6)15(4)16(20)5/h11,13,17-18H,7-10,12H2,1-6H3. The van der Waals surface area contributed by atoms with Crippen LogP contribution in [-0.2, 0) is 14.8 Å². The zero-order valence-corrected chi connectivity index (χ0v) is 19.0. The third-order valence-electron chi connectivity index (χ3n) is 6.33. The molecule has 2 saturated heterocycles. The second kappa shape index (κ2) is 8.14. The first-order chi connectivity index (χ1) is 13.6. The van der Waals surface area contributed by atoms with Crippen molar-refractivity contribution >= 4 is 16.1 Å². The average molecular weight is 425 g/mol. The molecule has 0 bridgehead atoms. The number of carbonyl (C=O) groups excluding carboxylic acids is 1. The average Bonchev–Trinajstić information content (AvgIpc) is 3.06. The molecule has 2 aliphatic heterocycles. The Morgan fingerprint density at radius 1 is 1.14 bits per heavy atom. The van der Waals surface area contributed by atoms with Gasteiger partial charge in [0.25, 0.3) is 0 Å². The summed E-state index contributed by atoms with van der Waals surface area (Å²) in [4.78, 5) is 14.4. The molecule has 1 unspecified atom stereocenters. The molecule has 29 heavy (non-hydrogen) atoms. The second-order valence-electron chi connectivity index (χ2n) is 8.41. The summed E-state index contributed by atoms with van der Waals surface area (Å²) in [6, 6.07) is 1.86. The van der Waals surface area contributed by atoms with E-state index in [1.54, 1.807) is 17.5 Å². The fraction of sp³-hybridized carbons (Fsp3) is 0.667. The number of ether oxygens (including phenoxy) is 2. The molecule has 0 radical (unpaired) electrons. The van der Waals surface area contributed by atoms with Crippen LogP contribution in [0.1, 0.15) is 43.4 Å². The van der Waals surface area contributed by atoms with Gasteiger partial charge in [0.05, 0.1) is 18.0 Å². The Hall–Kier alpha value is -1.80. The summed E-state index contributed by atoms with van der Waals surface area (Å²) in [5, 5.41) is 0. The molecule has 0 aromatic heterocycles. The Bertz CT molecular complexity index is 889. The summed E-state index contributed by atoms with van der Waals surface area (Å²) < 4.78 is 39.0. The van der Waals surface area contributed by atoms with Crippen LogP contribution in [0.25, 0.3) is 0 Å². The maximum Gasteiger partial charge on any atom is 0.410 e. The zero-order valence-electron chi connectivity index (χ0n) is 18.2. The number of nitrogens with zero attached hydrogens (tertiary/aromatic N) is 2. The van der Waals surface area contributed by atoms with Crippen LogP contribution in [0.5, 0.6) is 5.75 Å². The van der Waals surface area contributed by atoms with Crippen LogP contribution in [-0.4, -0.2) is 62.6 Å². The van der Waals surface area contributed by atoms with Gasteiger partial charge in [0.1, 0.15) is 12.4 Å². The molecule has 2 aliphatic rings. The highest BCUT2D eigenvalue weighted by Crippen LogP contribution is 2.34. The van der Waals surface area contributed by atoms with Gasteiger partial charge < -0.3 is 9.47 Å². The van der Waals surface area contributed by atoms with Crippen molar-refractivity contribution in [2.24, 2.45) is 5.92 Å². The number of piperidine rings is 1. The highest BCUT2D eigenvalue weighted by atomic mass is 32.2. The molecule has 2 heterocycles. The van der Waals surface area contributed by atoms with Gasteiger partial charge in [-0.2, -0.15) is 4.31 Å². The number of benzene rings is 1. The molecule has 3 rings (SSSR count). The summed E-state index contributed by atoms with van der Waals surface area (Å²) in [5.74, 6) is 1.00. The highest BCUT2D eigenvalue weighted by Gasteiger charge is 2.42. The van der Waals surface area contributed by atoms with Gasteiger partial charge in [0, 0.05) is 19.1 Å². The molecule has 7 nitrogen and oxygen atoms in total. The van der Waals surface area contributed by atoms with Gasteiger partial charge in [-0.05, 0) is 62.3 Å². The largest absolute Gasteiger partial charge is 0.496 e. The van der Waals surface area contributed by atoms with Gasteiger partial charge in [-0.15, -0.1) is 0 Å². The van der Waals surface area contributed by atoms with Crippen molar-refractivity contribution in [3.63, 3.8) is 0 Å². The lowest BCUT2D eigenvalue weighted by Gasteiger charge is -2.38. The van der Waals surface area contributed by atoms with E-state index >= 15 is 0 Å². The van der Waals surface area contributed by atoms with E-state index in [9.17, 15) is 13.2 Å². The predicted octanol–water partition coefficient (Wildman–Crippen LogP) is 3.25. The molecular formula is C21H32N2O5S. The summed E-state index contributed by atoms with van der Waals surface area (Å²) in [5.41, 5.74) is 2.26. The molecule has 162 valence electrons. The van der Waals surface area contributed by atoms with Crippen LogP contribution in [0.15, 0.2) is 11.0 Å². The molecule has 1 aromatic carbocycles. The molecule has 0 saturated carbocycles. The van der Waals surface area contributed by atoms with E-state index in [1.807, 2.05) is 25.7 Å².